The minimum atomic E-state index is -0.832. The van der Waals surface area contributed by atoms with Crippen LogP contribution in [0.1, 0.15) is 59.8 Å². The molecule has 0 radical (unpaired) electrons. The zero-order valence-electron chi connectivity index (χ0n) is 13.7. The van der Waals surface area contributed by atoms with Crippen molar-refractivity contribution in [3.8, 4) is 0 Å². The number of halogens is 1. The van der Waals surface area contributed by atoms with Gasteiger partial charge in [0.25, 0.3) is 0 Å². The number of hydrogen-bond donors (Lipinski definition) is 1. The molecular formula is C16H27BFNO2. The molecule has 3 fully saturated rings. The lowest BCUT2D eigenvalue weighted by molar-refractivity contribution is 0.00578. The maximum absolute atomic E-state index is 15.1. The van der Waals surface area contributed by atoms with Crippen LogP contribution in [0.2, 0.25) is 0 Å². The third-order valence-corrected chi connectivity index (χ3v) is 5.94. The van der Waals surface area contributed by atoms with E-state index in [0.717, 1.165) is 50.8 Å². The first-order valence-corrected chi connectivity index (χ1v) is 8.23. The van der Waals surface area contributed by atoms with Gasteiger partial charge in [-0.15, -0.1) is 0 Å². The lowest BCUT2D eigenvalue weighted by Gasteiger charge is -2.36. The molecular weight excluding hydrogens is 268 g/mol. The Morgan fingerprint density at radius 3 is 2.29 bits per heavy atom. The molecule has 0 amide bonds. The Kier molecular flexibility index (Phi) is 3.74. The predicted molar refractivity (Wildman–Crippen MR) is 82.6 cm³/mol. The molecule has 0 bridgehead atoms. The van der Waals surface area contributed by atoms with E-state index < -0.39 is 18.3 Å². The highest BCUT2D eigenvalue weighted by atomic mass is 19.1. The molecule has 2 aliphatic heterocycles. The molecule has 3 nitrogen and oxygen atoms in total. The molecule has 3 rings (SSSR count). The summed E-state index contributed by atoms with van der Waals surface area (Å²) in [5, 5.41) is 3.44. The van der Waals surface area contributed by atoms with Crippen LogP contribution in [0.4, 0.5) is 4.39 Å². The SMILES string of the molecule is CC1(C)OB(C(F)=C2CCCC23CCCNC3)OC1(C)C. The molecule has 1 atom stereocenters. The topological polar surface area (TPSA) is 30.5 Å². The first kappa shape index (κ1) is 15.5. The zero-order valence-corrected chi connectivity index (χ0v) is 13.7. The fourth-order valence-corrected chi connectivity index (χ4v) is 3.92. The molecule has 1 unspecified atom stereocenters. The quantitative estimate of drug-likeness (QED) is 0.752. The van der Waals surface area contributed by atoms with Crippen LogP contribution in [0.25, 0.3) is 0 Å². The summed E-state index contributed by atoms with van der Waals surface area (Å²) >= 11 is 0. The maximum atomic E-state index is 15.1. The monoisotopic (exact) mass is 295 g/mol. The van der Waals surface area contributed by atoms with E-state index >= 15 is 4.39 Å². The third-order valence-electron chi connectivity index (χ3n) is 5.94. The van der Waals surface area contributed by atoms with Crippen LogP contribution in [0.15, 0.2) is 11.3 Å². The van der Waals surface area contributed by atoms with E-state index in [1.807, 2.05) is 27.7 Å². The van der Waals surface area contributed by atoms with Crippen LogP contribution < -0.4 is 5.32 Å². The second-order valence-corrected chi connectivity index (χ2v) is 7.83. The molecule has 2 saturated heterocycles. The van der Waals surface area contributed by atoms with Crippen molar-refractivity contribution >= 4 is 7.12 Å². The first-order chi connectivity index (χ1) is 9.78. The second kappa shape index (κ2) is 5.07. The summed E-state index contributed by atoms with van der Waals surface area (Å²) in [7, 11) is -0.832. The fourth-order valence-electron chi connectivity index (χ4n) is 3.92. The van der Waals surface area contributed by atoms with Gasteiger partial charge in [0, 0.05) is 12.0 Å². The van der Waals surface area contributed by atoms with Gasteiger partial charge in [-0.25, -0.2) is 4.39 Å². The molecule has 0 aromatic heterocycles. The molecule has 0 aromatic rings. The van der Waals surface area contributed by atoms with E-state index in [1.165, 1.54) is 0 Å². The smallest absolute Gasteiger partial charge is 0.398 e. The third kappa shape index (κ3) is 2.47. The van der Waals surface area contributed by atoms with Crippen LogP contribution in [-0.4, -0.2) is 31.4 Å². The fraction of sp³-hybridized carbons (Fsp3) is 0.875. The summed E-state index contributed by atoms with van der Waals surface area (Å²) in [5.41, 5.74) is -0.160. The van der Waals surface area contributed by atoms with Crippen molar-refractivity contribution in [2.24, 2.45) is 5.41 Å². The van der Waals surface area contributed by atoms with Crippen molar-refractivity contribution in [3.63, 3.8) is 0 Å². The van der Waals surface area contributed by atoms with Crippen LogP contribution in [0, 0.1) is 5.41 Å². The number of rotatable bonds is 1. The maximum Gasteiger partial charge on any atom is 0.525 e. The summed E-state index contributed by atoms with van der Waals surface area (Å²) < 4.78 is 26.9. The van der Waals surface area contributed by atoms with E-state index in [-0.39, 0.29) is 11.1 Å². The van der Waals surface area contributed by atoms with Gasteiger partial charge in [0.2, 0.25) is 0 Å². The highest BCUT2D eigenvalue weighted by molar-refractivity contribution is 6.53. The van der Waals surface area contributed by atoms with E-state index in [1.54, 1.807) is 0 Å². The Morgan fingerprint density at radius 1 is 1.10 bits per heavy atom. The molecule has 0 aromatic carbocycles. The van der Waals surface area contributed by atoms with Crippen molar-refractivity contribution in [2.75, 3.05) is 13.1 Å². The van der Waals surface area contributed by atoms with Gasteiger partial charge in [-0.2, -0.15) is 0 Å². The van der Waals surface area contributed by atoms with E-state index in [0.29, 0.717) is 0 Å². The second-order valence-electron chi connectivity index (χ2n) is 7.83. The van der Waals surface area contributed by atoms with E-state index in [4.69, 9.17) is 9.31 Å². The first-order valence-electron chi connectivity index (χ1n) is 8.23. The Hall–Kier alpha value is -0.385. The summed E-state index contributed by atoms with van der Waals surface area (Å²) in [6.45, 7) is 9.83. The average Bonchev–Trinajstić information content (AvgIpc) is 2.89. The van der Waals surface area contributed by atoms with Crippen LogP contribution in [0.3, 0.4) is 0 Å². The van der Waals surface area contributed by atoms with E-state index in [9.17, 15) is 0 Å². The van der Waals surface area contributed by atoms with Gasteiger partial charge in [0.15, 0.2) is 0 Å². The summed E-state index contributed by atoms with van der Waals surface area (Å²) in [4.78, 5) is 0. The van der Waals surface area contributed by atoms with Gasteiger partial charge >= 0.3 is 7.12 Å². The number of nitrogens with one attached hydrogen (secondary N) is 1. The lowest BCUT2D eigenvalue weighted by Crippen LogP contribution is -2.41. The Bertz CT molecular complexity index is 439. The summed E-state index contributed by atoms with van der Waals surface area (Å²) in [5.74, 6) is 0. The van der Waals surface area contributed by atoms with Gasteiger partial charge in [-0.1, -0.05) is 0 Å². The molecule has 1 N–H and O–H groups in total. The molecule has 118 valence electrons. The standard InChI is InChI=1S/C16H27BFNO2/c1-14(2)15(3,4)21-17(20-14)13(18)12-7-5-8-16(12)9-6-10-19-11-16/h19H,5-11H2,1-4H3. The predicted octanol–water partition coefficient (Wildman–Crippen LogP) is 3.40. The van der Waals surface area contributed by atoms with Crippen molar-refractivity contribution in [2.45, 2.75) is 71.0 Å². The van der Waals surface area contributed by atoms with Gasteiger partial charge in [-0.3, -0.25) is 0 Å². The average molecular weight is 295 g/mol. The minimum Gasteiger partial charge on any atom is -0.398 e. The normalized spacial score (nSPS) is 37.3. The molecule has 3 aliphatic rings. The van der Waals surface area contributed by atoms with Crippen molar-refractivity contribution in [1.29, 1.82) is 0 Å². The molecule has 21 heavy (non-hydrogen) atoms. The van der Waals surface area contributed by atoms with Crippen molar-refractivity contribution in [1.82, 2.24) is 5.32 Å². The summed E-state index contributed by atoms with van der Waals surface area (Å²) in [6, 6.07) is 0. The molecule has 1 aliphatic carbocycles. The molecule has 1 spiro atoms. The van der Waals surface area contributed by atoms with Crippen LogP contribution in [0.5, 0.6) is 0 Å². The highest BCUT2D eigenvalue weighted by Crippen LogP contribution is 2.50. The van der Waals surface area contributed by atoms with Gasteiger partial charge in [0.05, 0.1) is 11.2 Å². The minimum absolute atomic E-state index is 0.00588. The number of piperidine rings is 1. The lowest BCUT2D eigenvalue weighted by atomic mass is 9.71. The Morgan fingerprint density at radius 2 is 1.71 bits per heavy atom. The Balaban J connectivity index is 1.88. The van der Waals surface area contributed by atoms with E-state index in [2.05, 4.69) is 5.32 Å². The van der Waals surface area contributed by atoms with Crippen molar-refractivity contribution in [3.05, 3.63) is 11.3 Å². The van der Waals surface area contributed by atoms with Crippen LogP contribution >= 0.6 is 0 Å². The molecule has 2 heterocycles. The van der Waals surface area contributed by atoms with Gasteiger partial charge in [-0.05, 0) is 71.9 Å². The summed E-state index contributed by atoms with van der Waals surface area (Å²) in [6.07, 6.45) is 5.21. The largest absolute Gasteiger partial charge is 0.525 e. The Labute approximate surface area is 127 Å². The zero-order chi connectivity index (χ0) is 15.3. The van der Waals surface area contributed by atoms with Gasteiger partial charge < -0.3 is 14.6 Å². The molecule has 1 saturated carbocycles. The molecule has 5 heteroatoms. The van der Waals surface area contributed by atoms with Crippen molar-refractivity contribution < 1.29 is 13.7 Å². The highest BCUT2D eigenvalue weighted by Gasteiger charge is 2.55. The van der Waals surface area contributed by atoms with Crippen LogP contribution in [-0.2, 0) is 9.31 Å². The number of hydrogen-bond acceptors (Lipinski definition) is 3. The van der Waals surface area contributed by atoms with Gasteiger partial charge in [0.1, 0.15) is 5.73 Å².